The van der Waals surface area contributed by atoms with Crippen molar-refractivity contribution in [2.75, 3.05) is 25.7 Å². The molecule has 1 aromatic heterocycles. The van der Waals surface area contributed by atoms with Crippen molar-refractivity contribution in [1.29, 1.82) is 0 Å². The van der Waals surface area contributed by atoms with Crippen molar-refractivity contribution in [3.05, 3.63) is 45.5 Å². The van der Waals surface area contributed by atoms with Crippen LogP contribution in [-0.4, -0.2) is 30.2 Å². The quantitative estimate of drug-likeness (QED) is 0.372. The third-order valence-electron chi connectivity index (χ3n) is 1.91. The molecule has 9 heteroatoms. The summed E-state index contributed by atoms with van der Waals surface area (Å²) in [6, 6.07) is 3.28. The van der Waals surface area contributed by atoms with Crippen LogP contribution < -0.4 is 16.2 Å². The Labute approximate surface area is 114 Å². The van der Waals surface area contributed by atoms with Crippen molar-refractivity contribution in [1.82, 2.24) is 15.7 Å². The number of nitrogens with one attached hydrogen (secondary N) is 3. The second-order valence-electron chi connectivity index (χ2n) is 3.36. The van der Waals surface area contributed by atoms with Crippen molar-refractivity contribution < 1.29 is 9.66 Å². The molecule has 0 aromatic carbocycles. The van der Waals surface area contributed by atoms with E-state index in [1.807, 2.05) is 0 Å². The van der Waals surface area contributed by atoms with Crippen LogP contribution in [-0.2, 0) is 4.74 Å². The Balaban J connectivity index is 2.52. The molecule has 0 bridgehead atoms. The first-order chi connectivity index (χ1) is 9.11. The van der Waals surface area contributed by atoms with E-state index >= 15 is 0 Å². The Morgan fingerprint density at radius 3 is 3.00 bits per heavy atom. The number of pyridine rings is 1. The van der Waals surface area contributed by atoms with Crippen LogP contribution in [0.15, 0.2) is 30.4 Å². The van der Waals surface area contributed by atoms with Gasteiger partial charge in [0.15, 0.2) is 5.82 Å². The number of hydrogen-bond donors (Lipinski definition) is 3. The summed E-state index contributed by atoms with van der Waals surface area (Å²) in [6.45, 7) is 0.856. The third-order valence-corrected chi connectivity index (χ3v) is 2.13. The largest absolute Gasteiger partial charge is 0.383 e. The molecule has 0 fully saturated rings. The first-order valence-electron chi connectivity index (χ1n) is 5.33. The Morgan fingerprint density at radius 2 is 2.42 bits per heavy atom. The van der Waals surface area contributed by atoms with Crippen LogP contribution in [0.25, 0.3) is 0 Å². The summed E-state index contributed by atoms with van der Waals surface area (Å²) in [6.07, 6.45) is 2.26. The SMILES string of the molecule is COCCN/C(=C/[N+](=O)[O-])NNc1ccc(Cl)cn1. The molecule has 0 radical (unpaired) electrons. The number of hydrogen-bond acceptors (Lipinski definition) is 7. The molecule has 0 aliphatic rings. The number of ether oxygens (including phenoxy) is 1. The van der Waals surface area contributed by atoms with Crippen LogP contribution in [0.1, 0.15) is 0 Å². The normalized spacial score (nSPS) is 10.9. The van der Waals surface area contributed by atoms with Gasteiger partial charge in [-0.25, -0.2) is 4.98 Å². The van der Waals surface area contributed by atoms with Crippen LogP contribution in [0.3, 0.4) is 0 Å². The highest BCUT2D eigenvalue weighted by molar-refractivity contribution is 6.30. The van der Waals surface area contributed by atoms with Gasteiger partial charge >= 0.3 is 0 Å². The predicted octanol–water partition coefficient (Wildman–Crippen LogP) is 0.963. The summed E-state index contributed by atoms with van der Waals surface area (Å²) in [7, 11) is 1.54. The molecule has 3 N–H and O–H groups in total. The average molecular weight is 288 g/mol. The lowest BCUT2D eigenvalue weighted by molar-refractivity contribution is -0.404. The fourth-order valence-electron chi connectivity index (χ4n) is 1.10. The average Bonchev–Trinajstić information content (AvgIpc) is 2.37. The van der Waals surface area contributed by atoms with Crippen molar-refractivity contribution in [3.63, 3.8) is 0 Å². The van der Waals surface area contributed by atoms with Gasteiger partial charge in [-0.05, 0) is 12.1 Å². The lowest BCUT2D eigenvalue weighted by Crippen LogP contribution is -2.33. The van der Waals surface area contributed by atoms with E-state index in [4.69, 9.17) is 16.3 Å². The molecule has 0 saturated heterocycles. The van der Waals surface area contributed by atoms with E-state index in [0.29, 0.717) is 24.0 Å². The number of nitro groups is 1. The molecule has 0 unspecified atom stereocenters. The van der Waals surface area contributed by atoms with Crippen molar-refractivity contribution in [2.45, 2.75) is 0 Å². The van der Waals surface area contributed by atoms with Gasteiger partial charge in [0.2, 0.25) is 0 Å². The Kier molecular flexibility index (Phi) is 6.41. The minimum atomic E-state index is -0.570. The van der Waals surface area contributed by atoms with Gasteiger partial charge in [0.05, 0.1) is 16.6 Å². The summed E-state index contributed by atoms with van der Waals surface area (Å²) in [5.41, 5.74) is 5.35. The first kappa shape index (κ1) is 15.0. The predicted molar refractivity (Wildman–Crippen MR) is 71.0 cm³/mol. The molecule has 1 heterocycles. The van der Waals surface area contributed by atoms with Gasteiger partial charge in [-0.2, -0.15) is 0 Å². The molecule has 0 atom stereocenters. The molecule has 0 aliphatic carbocycles. The van der Waals surface area contributed by atoms with Crippen molar-refractivity contribution in [3.8, 4) is 0 Å². The summed E-state index contributed by atoms with van der Waals surface area (Å²) in [4.78, 5) is 13.9. The maximum atomic E-state index is 10.5. The molecule has 0 aliphatic heterocycles. The monoisotopic (exact) mass is 287 g/mol. The molecule has 0 saturated carbocycles. The highest BCUT2D eigenvalue weighted by atomic mass is 35.5. The van der Waals surface area contributed by atoms with Crippen LogP contribution in [0.2, 0.25) is 5.02 Å². The van der Waals surface area contributed by atoms with Crippen molar-refractivity contribution >= 4 is 17.4 Å². The van der Waals surface area contributed by atoms with Crippen LogP contribution >= 0.6 is 11.6 Å². The van der Waals surface area contributed by atoms with Crippen LogP contribution in [0.5, 0.6) is 0 Å². The van der Waals surface area contributed by atoms with Gasteiger partial charge in [0.1, 0.15) is 5.82 Å². The fourth-order valence-corrected chi connectivity index (χ4v) is 1.21. The van der Waals surface area contributed by atoms with Crippen LogP contribution in [0, 0.1) is 10.1 Å². The van der Waals surface area contributed by atoms with E-state index in [2.05, 4.69) is 21.2 Å². The highest BCUT2D eigenvalue weighted by Gasteiger charge is 2.02. The van der Waals surface area contributed by atoms with E-state index in [1.54, 1.807) is 19.2 Å². The topological polar surface area (TPSA) is 101 Å². The molecular formula is C10H14ClN5O3. The smallest absolute Gasteiger partial charge is 0.275 e. The first-order valence-corrected chi connectivity index (χ1v) is 5.71. The molecule has 19 heavy (non-hydrogen) atoms. The number of halogens is 1. The van der Waals surface area contributed by atoms with E-state index in [-0.39, 0.29) is 5.82 Å². The number of methoxy groups -OCH3 is 1. The zero-order chi connectivity index (χ0) is 14.1. The van der Waals surface area contributed by atoms with Gasteiger partial charge in [-0.15, -0.1) is 0 Å². The van der Waals surface area contributed by atoms with E-state index in [1.165, 1.54) is 6.20 Å². The maximum absolute atomic E-state index is 10.5. The Bertz CT molecular complexity index is 437. The molecule has 0 spiro atoms. The van der Waals surface area contributed by atoms with Gasteiger partial charge in [-0.1, -0.05) is 11.6 Å². The van der Waals surface area contributed by atoms with E-state index in [0.717, 1.165) is 6.20 Å². The third kappa shape index (κ3) is 6.43. The van der Waals surface area contributed by atoms with Gasteiger partial charge in [0.25, 0.3) is 6.20 Å². The minimum absolute atomic E-state index is 0.193. The summed E-state index contributed by atoms with van der Waals surface area (Å²) >= 11 is 5.69. The Morgan fingerprint density at radius 1 is 1.63 bits per heavy atom. The van der Waals surface area contributed by atoms with E-state index < -0.39 is 4.92 Å². The summed E-state index contributed by atoms with van der Waals surface area (Å²) in [5, 5.41) is 13.8. The summed E-state index contributed by atoms with van der Waals surface area (Å²) in [5.74, 6) is 0.672. The lowest BCUT2D eigenvalue weighted by atomic mass is 10.5. The maximum Gasteiger partial charge on any atom is 0.275 e. The lowest BCUT2D eigenvalue weighted by Gasteiger charge is -2.12. The summed E-state index contributed by atoms with van der Waals surface area (Å²) < 4.78 is 4.84. The standard InChI is InChI=1S/C10H14ClN5O3/c1-19-5-4-12-10(7-16(17)18)15-14-9-3-2-8(11)6-13-9/h2-3,6-7,12,15H,4-5H2,1H3,(H,13,14)/b10-7-. The molecule has 0 amide bonds. The molecule has 1 rings (SSSR count). The second-order valence-corrected chi connectivity index (χ2v) is 3.80. The van der Waals surface area contributed by atoms with E-state index in [9.17, 15) is 10.1 Å². The molecule has 8 nitrogen and oxygen atoms in total. The minimum Gasteiger partial charge on any atom is -0.383 e. The second kappa shape index (κ2) is 8.11. The van der Waals surface area contributed by atoms with Crippen molar-refractivity contribution in [2.24, 2.45) is 0 Å². The Hall–Kier alpha value is -2.06. The highest BCUT2D eigenvalue weighted by Crippen LogP contribution is 2.08. The fraction of sp³-hybridized carbons (Fsp3) is 0.300. The molecular weight excluding hydrogens is 274 g/mol. The van der Waals surface area contributed by atoms with Gasteiger partial charge in [-0.3, -0.25) is 21.0 Å². The number of rotatable bonds is 8. The number of hydrazine groups is 1. The van der Waals surface area contributed by atoms with Gasteiger partial charge in [0, 0.05) is 19.9 Å². The number of aromatic nitrogens is 1. The number of anilines is 1. The zero-order valence-corrected chi connectivity index (χ0v) is 11.0. The van der Waals surface area contributed by atoms with Crippen LogP contribution in [0.4, 0.5) is 5.82 Å². The zero-order valence-electron chi connectivity index (χ0n) is 10.2. The van der Waals surface area contributed by atoms with Gasteiger partial charge < -0.3 is 10.1 Å². The number of nitrogens with zero attached hydrogens (tertiary/aromatic N) is 2. The molecule has 104 valence electrons. The molecule has 1 aromatic rings.